The van der Waals surface area contributed by atoms with E-state index in [-0.39, 0.29) is 11.2 Å². The molecular formula is C16H7ClF6N2OS. The molecule has 0 saturated heterocycles. The van der Waals surface area contributed by atoms with Gasteiger partial charge < -0.3 is 0 Å². The maximum Gasteiger partial charge on any atom is 0.416 e. The third-order valence-corrected chi connectivity index (χ3v) is 4.68. The van der Waals surface area contributed by atoms with Crippen LogP contribution in [0.15, 0.2) is 36.4 Å². The Labute approximate surface area is 156 Å². The molecule has 27 heavy (non-hydrogen) atoms. The van der Waals surface area contributed by atoms with E-state index in [1.54, 1.807) is 18.2 Å². The average Bonchev–Trinajstić information content (AvgIpc) is 2.96. The normalized spacial score (nSPS) is 12.4. The van der Waals surface area contributed by atoms with E-state index in [2.05, 4.69) is 10.3 Å². The third-order valence-electron chi connectivity index (χ3n) is 3.44. The Morgan fingerprint density at radius 2 is 1.59 bits per heavy atom. The number of fused-ring (bicyclic) bond motifs is 1. The van der Waals surface area contributed by atoms with E-state index in [9.17, 15) is 31.1 Å². The van der Waals surface area contributed by atoms with Crippen molar-refractivity contribution in [1.82, 2.24) is 4.98 Å². The quantitative estimate of drug-likeness (QED) is 0.495. The molecule has 0 unspecified atom stereocenters. The number of nitrogens with zero attached hydrogens (tertiary/aromatic N) is 1. The van der Waals surface area contributed by atoms with Crippen LogP contribution in [0.1, 0.15) is 21.5 Å². The van der Waals surface area contributed by atoms with Gasteiger partial charge >= 0.3 is 12.4 Å². The highest BCUT2D eigenvalue weighted by molar-refractivity contribution is 7.22. The molecule has 3 aromatic rings. The van der Waals surface area contributed by atoms with Gasteiger partial charge in [0.2, 0.25) is 0 Å². The number of hydrogen-bond donors (Lipinski definition) is 1. The summed E-state index contributed by atoms with van der Waals surface area (Å²) >= 11 is 6.93. The van der Waals surface area contributed by atoms with Gasteiger partial charge in [0, 0.05) is 5.56 Å². The molecule has 1 amide bonds. The molecule has 142 valence electrons. The first-order valence-corrected chi connectivity index (χ1v) is 8.30. The second-order valence-electron chi connectivity index (χ2n) is 5.35. The topological polar surface area (TPSA) is 42.0 Å². The molecule has 3 nitrogen and oxygen atoms in total. The number of aromatic nitrogens is 1. The Bertz CT molecular complexity index is 996. The number of nitrogens with one attached hydrogen (secondary N) is 1. The number of hydrogen-bond acceptors (Lipinski definition) is 3. The van der Waals surface area contributed by atoms with Gasteiger partial charge in [0.15, 0.2) is 5.13 Å². The van der Waals surface area contributed by atoms with Gasteiger partial charge in [0.1, 0.15) is 5.52 Å². The van der Waals surface area contributed by atoms with Crippen LogP contribution in [0.3, 0.4) is 0 Å². The highest BCUT2D eigenvalue weighted by Gasteiger charge is 2.37. The van der Waals surface area contributed by atoms with E-state index in [0.29, 0.717) is 27.4 Å². The summed E-state index contributed by atoms with van der Waals surface area (Å²) in [4.78, 5) is 16.3. The van der Waals surface area contributed by atoms with Crippen molar-refractivity contribution in [3.63, 3.8) is 0 Å². The van der Waals surface area contributed by atoms with Gasteiger partial charge in [-0.2, -0.15) is 26.3 Å². The molecule has 2 aromatic carbocycles. The lowest BCUT2D eigenvalue weighted by Crippen LogP contribution is -2.17. The predicted molar refractivity (Wildman–Crippen MR) is 89.0 cm³/mol. The van der Waals surface area contributed by atoms with Crippen molar-refractivity contribution in [2.45, 2.75) is 12.4 Å². The van der Waals surface area contributed by atoms with Crippen molar-refractivity contribution in [2.75, 3.05) is 5.32 Å². The van der Waals surface area contributed by atoms with Crippen molar-refractivity contribution in [2.24, 2.45) is 0 Å². The molecule has 1 heterocycles. The summed E-state index contributed by atoms with van der Waals surface area (Å²) in [6.07, 6.45) is -10.1. The molecule has 0 saturated carbocycles. The highest BCUT2D eigenvalue weighted by Crippen LogP contribution is 2.37. The lowest BCUT2D eigenvalue weighted by atomic mass is 10.0. The number of rotatable bonds is 2. The number of benzene rings is 2. The largest absolute Gasteiger partial charge is 0.416 e. The zero-order chi connectivity index (χ0) is 20.0. The third kappa shape index (κ3) is 4.16. The number of carbonyl (C=O) groups is 1. The Morgan fingerprint density at radius 3 is 2.11 bits per heavy atom. The molecule has 0 fully saturated rings. The van der Waals surface area contributed by atoms with Crippen molar-refractivity contribution >= 4 is 44.2 Å². The monoisotopic (exact) mass is 424 g/mol. The Balaban J connectivity index is 1.98. The number of halogens is 7. The first-order valence-electron chi connectivity index (χ1n) is 7.11. The van der Waals surface area contributed by atoms with E-state index >= 15 is 0 Å². The summed E-state index contributed by atoms with van der Waals surface area (Å²) in [6.45, 7) is 0. The lowest BCUT2D eigenvalue weighted by Gasteiger charge is -2.13. The number of anilines is 1. The molecule has 1 aromatic heterocycles. The van der Waals surface area contributed by atoms with E-state index < -0.39 is 35.0 Å². The molecule has 0 radical (unpaired) electrons. The van der Waals surface area contributed by atoms with Crippen LogP contribution in [0.25, 0.3) is 10.2 Å². The van der Waals surface area contributed by atoms with Gasteiger partial charge in [0.25, 0.3) is 5.91 Å². The summed E-state index contributed by atoms with van der Waals surface area (Å²) in [7, 11) is 0. The zero-order valence-corrected chi connectivity index (χ0v) is 14.4. The van der Waals surface area contributed by atoms with E-state index in [0.717, 1.165) is 11.3 Å². The minimum Gasteiger partial charge on any atom is -0.298 e. The van der Waals surface area contributed by atoms with E-state index in [4.69, 9.17) is 11.6 Å². The van der Waals surface area contributed by atoms with Crippen LogP contribution in [0, 0.1) is 0 Å². The van der Waals surface area contributed by atoms with Crippen molar-refractivity contribution < 1.29 is 31.1 Å². The SMILES string of the molecule is O=C(Nc1nc2c(Cl)cccc2s1)c1cc(C(F)(F)F)cc(C(F)(F)F)c1. The first kappa shape index (κ1) is 19.4. The number of thiazole rings is 1. The van der Waals surface area contributed by atoms with Crippen molar-refractivity contribution in [3.05, 3.63) is 58.1 Å². The van der Waals surface area contributed by atoms with Gasteiger partial charge in [-0.25, -0.2) is 4.98 Å². The van der Waals surface area contributed by atoms with Crippen molar-refractivity contribution in [3.8, 4) is 0 Å². The van der Waals surface area contributed by atoms with Gasteiger partial charge in [-0.1, -0.05) is 29.0 Å². The molecule has 11 heteroatoms. The van der Waals surface area contributed by atoms with Crippen LogP contribution in [0.2, 0.25) is 5.02 Å². The predicted octanol–water partition coefficient (Wildman–Crippen LogP) is 6.24. The van der Waals surface area contributed by atoms with E-state index in [1.807, 2.05) is 0 Å². The van der Waals surface area contributed by atoms with Crippen LogP contribution >= 0.6 is 22.9 Å². The molecule has 3 rings (SSSR count). The van der Waals surface area contributed by atoms with E-state index in [1.165, 1.54) is 0 Å². The molecular weight excluding hydrogens is 418 g/mol. The number of para-hydroxylation sites is 1. The van der Waals surface area contributed by atoms with Gasteiger partial charge in [-0.05, 0) is 30.3 Å². The molecule has 0 bridgehead atoms. The first-order chi connectivity index (χ1) is 12.4. The maximum absolute atomic E-state index is 12.9. The summed E-state index contributed by atoms with van der Waals surface area (Å²) in [5, 5.41) is 2.50. The van der Waals surface area contributed by atoms with Crippen LogP contribution in [0.5, 0.6) is 0 Å². The van der Waals surface area contributed by atoms with Crippen LogP contribution in [-0.2, 0) is 12.4 Å². The van der Waals surface area contributed by atoms with Crippen LogP contribution < -0.4 is 5.32 Å². The maximum atomic E-state index is 12.9. The van der Waals surface area contributed by atoms with Gasteiger partial charge in [-0.15, -0.1) is 0 Å². The highest BCUT2D eigenvalue weighted by atomic mass is 35.5. The Kier molecular flexibility index (Phi) is 4.81. The minimum atomic E-state index is -5.04. The summed E-state index contributed by atoms with van der Waals surface area (Å²) < 4.78 is 77.9. The molecule has 0 aliphatic carbocycles. The fourth-order valence-corrected chi connectivity index (χ4v) is 3.38. The fourth-order valence-electron chi connectivity index (χ4n) is 2.22. The zero-order valence-electron chi connectivity index (χ0n) is 12.9. The molecule has 0 aliphatic heterocycles. The summed E-state index contributed by atoms with van der Waals surface area (Å²) in [5.74, 6) is -1.15. The number of amides is 1. The Hall–Kier alpha value is -2.33. The average molecular weight is 425 g/mol. The number of carbonyl (C=O) groups excluding carboxylic acids is 1. The van der Waals surface area contributed by atoms with Gasteiger partial charge in [0.05, 0.1) is 20.8 Å². The summed E-state index contributed by atoms with van der Waals surface area (Å²) in [5.41, 5.74) is -3.58. The second-order valence-corrected chi connectivity index (χ2v) is 6.79. The van der Waals surface area contributed by atoms with Crippen molar-refractivity contribution in [1.29, 1.82) is 0 Å². The smallest absolute Gasteiger partial charge is 0.298 e. The minimum absolute atomic E-state index is 0.00549. The molecule has 0 spiro atoms. The summed E-state index contributed by atoms with van der Waals surface area (Å²) in [6, 6.07) is 5.50. The molecule has 0 aliphatic rings. The van der Waals surface area contributed by atoms with Gasteiger partial charge in [-0.3, -0.25) is 10.1 Å². The number of alkyl halides is 6. The standard InChI is InChI=1S/C16H7ClF6N2OS/c17-10-2-1-3-11-12(10)24-14(27-11)25-13(26)7-4-8(15(18,19)20)6-9(5-7)16(21,22)23/h1-6H,(H,24,25,26). The molecule has 0 atom stereocenters. The molecule has 1 N–H and O–H groups in total. The lowest BCUT2D eigenvalue weighted by molar-refractivity contribution is -0.143. The fraction of sp³-hybridized carbons (Fsp3) is 0.125. The van der Waals surface area contributed by atoms with Crippen LogP contribution in [-0.4, -0.2) is 10.9 Å². The Morgan fingerprint density at radius 1 is 1.00 bits per heavy atom. The van der Waals surface area contributed by atoms with Crippen LogP contribution in [0.4, 0.5) is 31.5 Å². The second kappa shape index (κ2) is 6.68.